The largest absolute Gasteiger partial charge is 0.508 e. The molecular weight excluding hydrogens is 444 g/mol. The first kappa shape index (κ1) is 27.1. The van der Waals surface area contributed by atoms with Crippen LogP contribution in [0.1, 0.15) is 38.7 Å². The van der Waals surface area contributed by atoms with Gasteiger partial charge in [0.25, 0.3) is 0 Å². The van der Waals surface area contributed by atoms with Crippen molar-refractivity contribution < 1.29 is 34.5 Å². The second-order valence-electron chi connectivity index (χ2n) is 8.85. The maximum Gasteiger partial charge on any atom is 0.326 e. The number of rotatable bonds is 12. The molecule has 0 bridgehead atoms. The van der Waals surface area contributed by atoms with E-state index in [-0.39, 0.29) is 30.4 Å². The van der Waals surface area contributed by atoms with E-state index in [4.69, 9.17) is 0 Å². The zero-order chi connectivity index (χ0) is 25.3. The molecule has 11 heteroatoms. The summed E-state index contributed by atoms with van der Waals surface area (Å²) >= 11 is 0. The molecular formula is C23H34N4O7. The van der Waals surface area contributed by atoms with Crippen molar-refractivity contribution in [3.8, 4) is 5.75 Å². The molecule has 34 heavy (non-hydrogen) atoms. The normalized spacial score (nSPS) is 18.1. The van der Waals surface area contributed by atoms with Gasteiger partial charge in [-0.15, -0.1) is 0 Å². The van der Waals surface area contributed by atoms with Crippen LogP contribution in [-0.2, 0) is 25.6 Å². The lowest BCUT2D eigenvalue weighted by atomic mass is 10.0. The molecule has 0 spiro atoms. The first-order valence-corrected chi connectivity index (χ1v) is 11.4. The van der Waals surface area contributed by atoms with Gasteiger partial charge in [0.05, 0.1) is 12.6 Å². The van der Waals surface area contributed by atoms with Crippen LogP contribution >= 0.6 is 0 Å². The number of amides is 3. The third-order valence-electron chi connectivity index (χ3n) is 5.52. The predicted molar refractivity (Wildman–Crippen MR) is 123 cm³/mol. The number of carbonyl (C=O) groups excluding carboxylic acids is 3. The number of nitrogens with one attached hydrogen (secondary N) is 4. The lowest BCUT2D eigenvalue weighted by molar-refractivity contribution is -0.143. The molecule has 0 saturated carbocycles. The molecule has 2 rings (SSSR count). The van der Waals surface area contributed by atoms with Crippen molar-refractivity contribution in [1.82, 2.24) is 21.3 Å². The molecule has 11 nitrogen and oxygen atoms in total. The molecule has 4 unspecified atom stereocenters. The van der Waals surface area contributed by atoms with E-state index in [0.717, 1.165) is 6.42 Å². The Balaban J connectivity index is 2.12. The maximum absolute atomic E-state index is 13.0. The smallest absolute Gasteiger partial charge is 0.326 e. The van der Waals surface area contributed by atoms with Crippen molar-refractivity contribution in [2.75, 3.05) is 13.2 Å². The third kappa shape index (κ3) is 8.31. The lowest BCUT2D eigenvalue weighted by Gasteiger charge is -2.25. The molecule has 1 aliphatic rings. The zero-order valence-corrected chi connectivity index (χ0v) is 19.4. The maximum atomic E-state index is 13.0. The summed E-state index contributed by atoms with van der Waals surface area (Å²) < 4.78 is 0. The number of carbonyl (C=O) groups is 4. The Bertz CT molecular complexity index is 853. The van der Waals surface area contributed by atoms with Crippen LogP contribution < -0.4 is 21.3 Å². The number of aliphatic hydroxyl groups is 1. The Labute approximate surface area is 198 Å². The summed E-state index contributed by atoms with van der Waals surface area (Å²) in [7, 11) is 0. The molecule has 1 aromatic carbocycles. The average molecular weight is 479 g/mol. The van der Waals surface area contributed by atoms with Gasteiger partial charge in [-0.2, -0.15) is 0 Å². The van der Waals surface area contributed by atoms with Gasteiger partial charge in [0.15, 0.2) is 0 Å². The van der Waals surface area contributed by atoms with E-state index >= 15 is 0 Å². The summed E-state index contributed by atoms with van der Waals surface area (Å²) in [6.07, 6.45) is 1.73. The van der Waals surface area contributed by atoms with Gasteiger partial charge in [-0.1, -0.05) is 26.0 Å². The number of hydrogen-bond donors (Lipinski definition) is 7. The van der Waals surface area contributed by atoms with Gasteiger partial charge in [-0.05, 0) is 49.4 Å². The number of phenolic OH excluding ortho intramolecular Hbond substituents is 1. The van der Waals surface area contributed by atoms with E-state index in [0.29, 0.717) is 18.5 Å². The van der Waals surface area contributed by atoms with Crippen molar-refractivity contribution in [2.45, 2.75) is 63.7 Å². The van der Waals surface area contributed by atoms with E-state index in [1.807, 2.05) is 13.8 Å². The summed E-state index contributed by atoms with van der Waals surface area (Å²) in [5.74, 6) is -3.07. The Morgan fingerprint density at radius 1 is 1.00 bits per heavy atom. The molecule has 1 fully saturated rings. The lowest BCUT2D eigenvalue weighted by Crippen LogP contribution is -2.58. The van der Waals surface area contributed by atoms with E-state index in [9.17, 15) is 34.5 Å². The highest BCUT2D eigenvalue weighted by Gasteiger charge is 2.31. The average Bonchev–Trinajstić information content (AvgIpc) is 3.32. The van der Waals surface area contributed by atoms with Gasteiger partial charge in [0, 0.05) is 6.42 Å². The molecule has 1 aliphatic heterocycles. The van der Waals surface area contributed by atoms with Gasteiger partial charge >= 0.3 is 5.97 Å². The fourth-order valence-electron chi connectivity index (χ4n) is 3.69. The fourth-order valence-corrected chi connectivity index (χ4v) is 3.69. The van der Waals surface area contributed by atoms with Crippen LogP contribution in [0.2, 0.25) is 0 Å². The van der Waals surface area contributed by atoms with Gasteiger partial charge in [0.1, 0.15) is 23.9 Å². The van der Waals surface area contributed by atoms with Crippen molar-refractivity contribution in [3.63, 3.8) is 0 Å². The van der Waals surface area contributed by atoms with E-state index in [1.165, 1.54) is 12.1 Å². The van der Waals surface area contributed by atoms with Gasteiger partial charge in [-0.3, -0.25) is 14.4 Å². The number of carboxylic acids is 1. The third-order valence-corrected chi connectivity index (χ3v) is 5.52. The molecule has 7 N–H and O–H groups in total. The highest BCUT2D eigenvalue weighted by atomic mass is 16.4. The summed E-state index contributed by atoms with van der Waals surface area (Å²) in [6, 6.07) is 2.06. The highest BCUT2D eigenvalue weighted by Crippen LogP contribution is 2.13. The van der Waals surface area contributed by atoms with Gasteiger partial charge in [-0.25, -0.2) is 4.79 Å². The van der Waals surface area contributed by atoms with E-state index in [1.54, 1.807) is 12.1 Å². The Morgan fingerprint density at radius 2 is 1.62 bits per heavy atom. The molecule has 3 amide bonds. The van der Waals surface area contributed by atoms with Crippen LogP contribution in [0.15, 0.2) is 24.3 Å². The SMILES string of the molecule is CC(C)CC(NC(=O)C(CO)NC(=O)C(Cc1ccc(O)cc1)NC(=O)C1CCCN1)C(=O)O. The van der Waals surface area contributed by atoms with Crippen LogP contribution in [0.25, 0.3) is 0 Å². The molecule has 1 heterocycles. The summed E-state index contributed by atoms with van der Waals surface area (Å²) in [5, 5.41) is 39.0. The minimum absolute atomic E-state index is 0.00216. The minimum atomic E-state index is -1.40. The monoisotopic (exact) mass is 478 g/mol. The second kappa shape index (κ2) is 12.9. The second-order valence-corrected chi connectivity index (χ2v) is 8.85. The molecule has 188 valence electrons. The van der Waals surface area contributed by atoms with Crippen molar-refractivity contribution in [3.05, 3.63) is 29.8 Å². The molecule has 1 aromatic rings. The van der Waals surface area contributed by atoms with Gasteiger partial charge in [0.2, 0.25) is 17.7 Å². The summed E-state index contributed by atoms with van der Waals surface area (Å²) in [6.45, 7) is 3.56. The van der Waals surface area contributed by atoms with Crippen LogP contribution in [0.4, 0.5) is 0 Å². The minimum Gasteiger partial charge on any atom is -0.508 e. The number of benzene rings is 1. The van der Waals surface area contributed by atoms with Crippen LogP contribution in [0.5, 0.6) is 5.75 Å². The number of aromatic hydroxyl groups is 1. The molecule has 0 aliphatic carbocycles. The first-order chi connectivity index (χ1) is 16.1. The molecule has 0 aromatic heterocycles. The molecule has 4 atom stereocenters. The highest BCUT2D eigenvalue weighted by molar-refractivity contribution is 5.94. The Morgan fingerprint density at radius 3 is 2.15 bits per heavy atom. The number of aliphatic carboxylic acids is 1. The van der Waals surface area contributed by atoms with Crippen molar-refractivity contribution >= 4 is 23.7 Å². The number of carboxylic acid groups (broad SMARTS) is 1. The topological polar surface area (TPSA) is 177 Å². The van der Waals surface area contributed by atoms with Crippen LogP contribution in [-0.4, -0.2) is 76.3 Å². The van der Waals surface area contributed by atoms with Crippen molar-refractivity contribution in [1.29, 1.82) is 0 Å². The predicted octanol–water partition coefficient (Wildman–Crippen LogP) is -0.736. The van der Waals surface area contributed by atoms with Crippen LogP contribution in [0.3, 0.4) is 0 Å². The summed E-state index contributed by atoms with van der Waals surface area (Å²) in [5.41, 5.74) is 0.658. The van der Waals surface area contributed by atoms with Crippen molar-refractivity contribution in [2.24, 2.45) is 5.92 Å². The number of phenols is 1. The standard InChI is InChI=1S/C23H34N4O7/c1-13(2)10-18(23(33)34)26-22(32)19(12-28)27-21(31)17(11-14-5-7-15(29)8-6-14)25-20(30)16-4-3-9-24-16/h5-8,13,16-19,24,28-29H,3-4,9-12H2,1-2H3,(H,25,30)(H,26,32)(H,27,31)(H,33,34). The zero-order valence-electron chi connectivity index (χ0n) is 19.4. The molecule has 1 saturated heterocycles. The quantitative estimate of drug-likeness (QED) is 0.205. The first-order valence-electron chi connectivity index (χ1n) is 11.4. The molecule has 0 radical (unpaired) electrons. The van der Waals surface area contributed by atoms with E-state index < -0.39 is 48.6 Å². The fraction of sp³-hybridized carbons (Fsp3) is 0.565. The van der Waals surface area contributed by atoms with Crippen LogP contribution in [0, 0.1) is 5.92 Å². The van der Waals surface area contributed by atoms with Gasteiger partial charge < -0.3 is 36.6 Å². The number of hydrogen-bond acceptors (Lipinski definition) is 7. The Hall–Kier alpha value is -3.18. The van der Waals surface area contributed by atoms with E-state index in [2.05, 4.69) is 21.3 Å². The Kier molecular flexibility index (Phi) is 10.3. The number of aliphatic hydroxyl groups excluding tert-OH is 1. The summed E-state index contributed by atoms with van der Waals surface area (Å²) in [4.78, 5) is 49.7.